The Morgan fingerprint density at radius 2 is 0.648 bits per heavy atom. The van der Waals surface area contributed by atoms with Crippen molar-refractivity contribution in [2.75, 3.05) is 9.80 Å². The smallest absolute Gasteiger partial charge is 0.161 e. The lowest BCUT2D eigenvalue weighted by Gasteiger charge is -2.40. The minimum absolute atomic E-state index is 0.166. The molecule has 0 radical (unpaired) electrons. The van der Waals surface area contributed by atoms with Gasteiger partial charge in [0.25, 0.3) is 0 Å². The fourth-order valence-electron chi connectivity index (χ4n) is 16.3. The van der Waals surface area contributed by atoms with E-state index in [2.05, 4.69) is 262 Å². The first-order valence-electron chi connectivity index (χ1n) is 30.6. The molecule has 0 saturated heterocycles. The normalized spacial score (nSPS) is 14.4. The van der Waals surface area contributed by atoms with Crippen molar-refractivity contribution >= 4 is 77.7 Å². The van der Waals surface area contributed by atoms with Crippen LogP contribution in [0.2, 0.25) is 0 Å². The second-order valence-corrected chi connectivity index (χ2v) is 23.9. The quantitative estimate of drug-likeness (QED) is 0.173. The lowest BCUT2D eigenvalue weighted by molar-refractivity contribution is -0.0483. The van der Waals surface area contributed by atoms with Crippen molar-refractivity contribution < 1.29 is 14.2 Å². The summed E-state index contributed by atoms with van der Waals surface area (Å²) in [5.41, 5.74) is 16.3. The number of rotatable bonds is 4. The first-order valence-corrected chi connectivity index (χ1v) is 30.6. The third-order valence-corrected chi connectivity index (χ3v) is 19.6. The number of fused-ring (bicyclic) bond motifs is 25. The van der Waals surface area contributed by atoms with E-state index in [1.54, 1.807) is 0 Å². The molecule has 9 nitrogen and oxygen atoms in total. The predicted octanol–water partition coefficient (Wildman–Crippen LogP) is 20.3. The van der Waals surface area contributed by atoms with Gasteiger partial charge < -0.3 is 33.1 Å². The topological polar surface area (TPSA) is 91.6 Å². The molecule has 0 bridgehead atoms. The first-order chi connectivity index (χ1) is 45.1. The summed E-state index contributed by atoms with van der Waals surface area (Å²) in [6.07, 6.45) is 0. The largest absolute Gasteiger partial charge is 0.452 e. The van der Waals surface area contributed by atoms with E-state index in [4.69, 9.17) is 14.2 Å². The summed E-state index contributed by atoms with van der Waals surface area (Å²) in [7, 11) is 0. The van der Waals surface area contributed by atoms with Crippen LogP contribution in [0.25, 0.3) is 77.2 Å². The number of ether oxygens (including phenoxy) is 3. The molecule has 13 aromatic carbocycles. The van der Waals surface area contributed by atoms with E-state index < -0.39 is 11.2 Å². The van der Waals surface area contributed by atoms with Gasteiger partial charge in [0.15, 0.2) is 23.0 Å². The van der Waals surface area contributed by atoms with Crippen LogP contribution in [0.1, 0.15) is 44.5 Å². The van der Waals surface area contributed by atoms with E-state index in [-0.39, 0.29) is 11.1 Å². The maximum absolute atomic E-state index is 12.9. The summed E-state index contributed by atoms with van der Waals surface area (Å²) < 4.78 is 28.2. The van der Waals surface area contributed by atoms with Crippen LogP contribution in [-0.4, -0.2) is 9.13 Å². The monoisotopic (exact) mass is 1160 g/mol. The Bertz CT molecular complexity index is 5380. The van der Waals surface area contributed by atoms with Gasteiger partial charge in [-0.05, 0) is 107 Å². The van der Waals surface area contributed by atoms with Crippen LogP contribution in [0.15, 0.2) is 279 Å². The average molecular weight is 1160 g/mol. The van der Waals surface area contributed by atoms with Gasteiger partial charge in [-0.2, -0.15) is 10.5 Å². The van der Waals surface area contributed by atoms with Gasteiger partial charge >= 0.3 is 0 Å². The maximum Gasteiger partial charge on any atom is 0.161 e. The molecular formula is C82H46N6O3. The lowest BCUT2D eigenvalue weighted by atomic mass is 9.74. The van der Waals surface area contributed by atoms with Gasteiger partial charge in [0.2, 0.25) is 0 Å². The van der Waals surface area contributed by atoms with Crippen molar-refractivity contribution in [3.8, 4) is 68.8 Å². The van der Waals surface area contributed by atoms with Crippen LogP contribution in [-0.2, 0) is 15.9 Å². The number of benzene rings is 13. The Morgan fingerprint density at radius 1 is 0.308 bits per heavy atom. The molecule has 5 heterocycles. The second-order valence-electron chi connectivity index (χ2n) is 23.9. The van der Waals surface area contributed by atoms with Crippen LogP contribution in [0, 0.1) is 22.7 Å². The zero-order valence-corrected chi connectivity index (χ0v) is 48.5. The van der Waals surface area contributed by atoms with E-state index in [1.807, 2.05) is 48.5 Å². The third-order valence-electron chi connectivity index (χ3n) is 19.6. The van der Waals surface area contributed by atoms with Gasteiger partial charge in [-0.1, -0.05) is 194 Å². The molecule has 3 aliphatic heterocycles. The molecule has 0 fully saturated rings. The van der Waals surface area contributed by atoms with Crippen LogP contribution in [0.4, 0.5) is 34.1 Å². The van der Waals surface area contributed by atoms with Crippen molar-refractivity contribution in [3.05, 3.63) is 324 Å². The lowest BCUT2D eigenvalue weighted by Crippen LogP contribution is -2.34. The molecule has 422 valence electrons. The van der Waals surface area contributed by atoms with Crippen LogP contribution in [0.3, 0.4) is 0 Å². The van der Waals surface area contributed by atoms with E-state index >= 15 is 0 Å². The molecule has 15 aromatic rings. The number of hydrogen-bond donors (Lipinski definition) is 0. The SMILES string of the molecule is N#Cc1c(C#N)c(N2c3ccccc3Oc3c2ccc2c3c3ccccc3n2-c2ccccc2)c2c(c1N1c3ccccc3Oc3c1ccc1c3c3ccccc3n1-c1ccccc1)C1(OC23c2ccccc2-c2ccccc23)c2ccccc2-c2ccccc21. The van der Waals surface area contributed by atoms with E-state index in [9.17, 15) is 10.5 Å². The Kier molecular flexibility index (Phi) is 9.88. The Labute approximate surface area is 522 Å². The highest BCUT2D eigenvalue weighted by molar-refractivity contribution is 6.18. The average Bonchev–Trinajstić information content (AvgIpc) is 1.48. The van der Waals surface area contributed by atoms with Gasteiger partial charge in [0, 0.05) is 55.5 Å². The number of nitriles is 2. The highest BCUT2D eigenvalue weighted by Crippen LogP contribution is 2.74. The van der Waals surface area contributed by atoms with Gasteiger partial charge in [0.1, 0.15) is 23.3 Å². The van der Waals surface area contributed by atoms with Crippen molar-refractivity contribution in [1.29, 1.82) is 10.5 Å². The third kappa shape index (κ3) is 6.19. The zero-order chi connectivity index (χ0) is 59.8. The summed E-state index contributed by atoms with van der Waals surface area (Å²) in [6, 6.07) is 102. The number of nitrogens with zero attached hydrogens (tertiary/aromatic N) is 6. The number of anilines is 6. The molecule has 0 N–H and O–H groups in total. The van der Waals surface area contributed by atoms with Gasteiger partial charge in [-0.3, -0.25) is 0 Å². The fraction of sp³-hybridized carbons (Fsp3) is 0.0244. The standard InChI is InChI=1S/C82H46N6O3/c83-47-57-58(48-84)78(88-66-40-20-22-42-72(66)90-80-70(88)46-44-68-74(80)56-32-12-18-38-64(56)86(68)50-25-5-2-6-26-50)76-75(81(59-33-13-7-27-51(59)52-28-8-14-34-60(52)81)91-82(76)61-35-15-9-29-53(61)54-30-10-16-36-62(54)82)77(57)87-65-39-19-21-41-71(65)89-79-69(87)45-43-67-73(79)55-31-11-17-37-63(55)85(67)49-23-3-1-4-24-49/h1-46H. The van der Waals surface area contributed by atoms with Crippen LogP contribution >= 0.6 is 0 Å². The fourth-order valence-corrected chi connectivity index (χ4v) is 16.3. The molecule has 0 atom stereocenters. The zero-order valence-electron chi connectivity index (χ0n) is 48.5. The van der Waals surface area contributed by atoms with Crippen molar-refractivity contribution in [2.45, 2.75) is 11.2 Å². The van der Waals surface area contributed by atoms with Gasteiger partial charge in [-0.15, -0.1) is 0 Å². The van der Waals surface area contributed by atoms with E-state index in [0.717, 1.165) is 111 Å². The predicted molar refractivity (Wildman–Crippen MR) is 359 cm³/mol. The Hall–Kier alpha value is -12.4. The van der Waals surface area contributed by atoms with Crippen LogP contribution < -0.4 is 19.3 Å². The minimum atomic E-state index is -1.47. The van der Waals surface area contributed by atoms with Crippen molar-refractivity contribution in [1.82, 2.24) is 9.13 Å². The summed E-state index contributed by atoms with van der Waals surface area (Å²) >= 11 is 0. The Morgan fingerprint density at radius 3 is 1.04 bits per heavy atom. The highest BCUT2D eigenvalue weighted by atomic mass is 16.5. The minimum Gasteiger partial charge on any atom is -0.452 e. The number of hydrogen-bond acceptors (Lipinski definition) is 7. The molecule has 0 saturated carbocycles. The molecule has 20 rings (SSSR count). The first kappa shape index (κ1) is 49.7. The summed E-state index contributed by atoms with van der Waals surface area (Å²) in [5.74, 6) is 2.40. The molecular weight excluding hydrogens is 1120 g/mol. The molecule has 9 heteroatoms. The van der Waals surface area contributed by atoms with E-state index in [0.29, 0.717) is 57.1 Å². The molecule has 5 aliphatic rings. The molecule has 2 aromatic heterocycles. The van der Waals surface area contributed by atoms with Crippen molar-refractivity contribution in [2.24, 2.45) is 0 Å². The Balaban J connectivity index is 1.01. The summed E-state index contributed by atoms with van der Waals surface area (Å²) in [5, 5.41) is 29.5. The molecule has 2 spiro atoms. The van der Waals surface area contributed by atoms with Gasteiger partial charge in [-0.25, -0.2) is 0 Å². The molecule has 91 heavy (non-hydrogen) atoms. The highest BCUT2D eigenvalue weighted by Gasteiger charge is 2.66. The van der Waals surface area contributed by atoms with Gasteiger partial charge in [0.05, 0.1) is 78.1 Å². The van der Waals surface area contributed by atoms with Crippen LogP contribution in [0.5, 0.6) is 23.0 Å². The number of aromatic nitrogens is 2. The maximum atomic E-state index is 12.9. The van der Waals surface area contributed by atoms with E-state index in [1.165, 1.54) is 0 Å². The molecule has 0 unspecified atom stereocenters. The summed E-state index contributed by atoms with van der Waals surface area (Å²) in [4.78, 5) is 4.43. The molecule has 2 aliphatic carbocycles. The summed E-state index contributed by atoms with van der Waals surface area (Å²) in [6.45, 7) is 0. The second kappa shape index (κ2) is 18.1. The number of para-hydroxylation sites is 8. The molecule has 0 amide bonds. The van der Waals surface area contributed by atoms with Crippen molar-refractivity contribution in [3.63, 3.8) is 0 Å².